The first kappa shape index (κ1) is 21.1. The summed E-state index contributed by atoms with van der Waals surface area (Å²) in [6.07, 6.45) is 1.16. The van der Waals surface area contributed by atoms with E-state index in [1.807, 2.05) is 25.3 Å². The molecule has 0 atom stereocenters. The van der Waals surface area contributed by atoms with Gasteiger partial charge in [0.25, 0.3) is 5.91 Å². The van der Waals surface area contributed by atoms with Crippen molar-refractivity contribution in [2.24, 2.45) is 0 Å². The SMILES string of the molecule is CC(C)(C)NC(=O)c1cc(-c2ccc(C(F)(F)F)cc2)nc(-n2ccnc2C2CC2)c1. The molecule has 0 aliphatic heterocycles. The summed E-state index contributed by atoms with van der Waals surface area (Å²) < 4.78 is 40.7. The van der Waals surface area contributed by atoms with Crippen molar-refractivity contribution in [3.05, 3.63) is 65.7 Å². The van der Waals surface area contributed by atoms with Gasteiger partial charge in [-0.3, -0.25) is 9.36 Å². The summed E-state index contributed by atoms with van der Waals surface area (Å²) in [6, 6.07) is 8.06. The predicted octanol–water partition coefficient (Wildman–Crippen LogP) is 5.36. The van der Waals surface area contributed by atoms with Crippen molar-refractivity contribution in [3.8, 4) is 17.1 Å². The fourth-order valence-electron chi connectivity index (χ4n) is 3.31. The number of benzene rings is 1. The van der Waals surface area contributed by atoms with Crippen molar-refractivity contribution in [1.82, 2.24) is 19.9 Å². The number of hydrogen-bond donors (Lipinski definition) is 1. The zero-order valence-electron chi connectivity index (χ0n) is 17.5. The predicted molar refractivity (Wildman–Crippen MR) is 111 cm³/mol. The zero-order valence-corrected chi connectivity index (χ0v) is 17.5. The molecule has 3 aromatic rings. The second kappa shape index (κ2) is 7.51. The standard InChI is InChI=1S/C23H23F3N4O/c1-22(2,3)29-21(31)16-12-18(14-6-8-17(9-7-14)23(24,25)26)28-19(13-16)30-11-10-27-20(30)15-4-5-15/h6-13,15H,4-5H2,1-3H3,(H,29,31). The molecule has 0 spiro atoms. The first-order valence-electron chi connectivity index (χ1n) is 10.1. The highest BCUT2D eigenvalue weighted by atomic mass is 19.4. The van der Waals surface area contributed by atoms with E-state index in [0.717, 1.165) is 30.8 Å². The fourth-order valence-corrected chi connectivity index (χ4v) is 3.31. The van der Waals surface area contributed by atoms with Gasteiger partial charge >= 0.3 is 6.18 Å². The Kier molecular flexibility index (Phi) is 5.11. The van der Waals surface area contributed by atoms with Crippen LogP contribution in [0, 0.1) is 0 Å². The van der Waals surface area contributed by atoms with Gasteiger partial charge in [-0.25, -0.2) is 9.97 Å². The number of alkyl halides is 3. The van der Waals surface area contributed by atoms with Crippen LogP contribution in [0.25, 0.3) is 17.1 Å². The lowest BCUT2D eigenvalue weighted by molar-refractivity contribution is -0.137. The average Bonchev–Trinajstić information content (AvgIpc) is 3.42. The molecule has 1 saturated carbocycles. The van der Waals surface area contributed by atoms with Crippen LogP contribution in [0.3, 0.4) is 0 Å². The number of halogens is 3. The first-order chi connectivity index (χ1) is 14.5. The summed E-state index contributed by atoms with van der Waals surface area (Å²) in [5.41, 5.74) is 0.117. The van der Waals surface area contributed by atoms with E-state index in [1.54, 1.807) is 24.5 Å². The Morgan fingerprint density at radius 1 is 1.10 bits per heavy atom. The third kappa shape index (κ3) is 4.78. The van der Waals surface area contributed by atoms with Crippen LogP contribution in [0.1, 0.15) is 61.3 Å². The molecule has 31 heavy (non-hydrogen) atoms. The van der Waals surface area contributed by atoms with Crippen molar-refractivity contribution in [2.45, 2.75) is 51.2 Å². The first-order valence-corrected chi connectivity index (χ1v) is 10.1. The molecule has 1 fully saturated rings. The fraction of sp³-hybridized carbons (Fsp3) is 0.348. The molecule has 0 bridgehead atoms. The van der Waals surface area contributed by atoms with Gasteiger partial charge in [-0.15, -0.1) is 0 Å². The summed E-state index contributed by atoms with van der Waals surface area (Å²) in [5.74, 6) is 1.46. The number of aromatic nitrogens is 3. The molecule has 5 nitrogen and oxygen atoms in total. The number of pyridine rings is 1. The molecule has 0 saturated heterocycles. The molecule has 1 aromatic carbocycles. The van der Waals surface area contributed by atoms with Crippen LogP contribution in [0.5, 0.6) is 0 Å². The molecule has 1 N–H and O–H groups in total. The van der Waals surface area contributed by atoms with Gasteiger partial charge in [-0.1, -0.05) is 12.1 Å². The van der Waals surface area contributed by atoms with E-state index in [1.165, 1.54) is 12.1 Å². The van der Waals surface area contributed by atoms with Gasteiger partial charge in [0.05, 0.1) is 11.3 Å². The second-order valence-corrected chi connectivity index (χ2v) is 8.81. The number of amides is 1. The van der Waals surface area contributed by atoms with Gasteiger partial charge in [0.2, 0.25) is 0 Å². The van der Waals surface area contributed by atoms with Gasteiger partial charge in [0.15, 0.2) is 0 Å². The van der Waals surface area contributed by atoms with E-state index >= 15 is 0 Å². The number of imidazole rings is 1. The minimum absolute atomic E-state index is 0.280. The molecule has 0 radical (unpaired) electrons. The van der Waals surface area contributed by atoms with Gasteiger partial charge in [0.1, 0.15) is 11.6 Å². The molecule has 1 aliphatic carbocycles. The monoisotopic (exact) mass is 428 g/mol. The van der Waals surface area contributed by atoms with Crippen LogP contribution in [0.4, 0.5) is 13.2 Å². The molecular formula is C23H23F3N4O. The largest absolute Gasteiger partial charge is 0.416 e. The van der Waals surface area contributed by atoms with Crippen LogP contribution in [-0.2, 0) is 6.18 Å². The lowest BCUT2D eigenvalue weighted by atomic mass is 10.0. The third-order valence-corrected chi connectivity index (χ3v) is 4.93. The Labute approximate surface area is 178 Å². The summed E-state index contributed by atoms with van der Waals surface area (Å²) in [5, 5.41) is 2.92. The number of rotatable bonds is 4. The van der Waals surface area contributed by atoms with Crippen LogP contribution < -0.4 is 5.32 Å². The Hall–Kier alpha value is -3.16. The zero-order chi connectivity index (χ0) is 22.4. The van der Waals surface area contributed by atoms with Gasteiger partial charge in [-0.2, -0.15) is 13.2 Å². The topological polar surface area (TPSA) is 59.8 Å². The molecule has 2 aromatic heterocycles. The lowest BCUT2D eigenvalue weighted by Gasteiger charge is -2.21. The second-order valence-electron chi connectivity index (χ2n) is 8.81. The molecule has 162 valence electrons. The lowest BCUT2D eigenvalue weighted by Crippen LogP contribution is -2.40. The van der Waals surface area contributed by atoms with Crippen molar-refractivity contribution in [2.75, 3.05) is 0 Å². The molecular weight excluding hydrogens is 405 g/mol. The Morgan fingerprint density at radius 2 is 1.77 bits per heavy atom. The summed E-state index contributed by atoms with van der Waals surface area (Å²) in [4.78, 5) is 21.9. The Morgan fingerprint density at radius 3 is 2.35 bits per heavy atom. The summed E-state index contributed by atoms with van der Waals surface area (Å²) in [6.45, 7) is 5.64. The highest BCUT2D eigenvalue weighted by Crippen LogP contribution is 2.40. The van der Waals surface area contributed by atoms with Crippen molar-refractivity contribution < 1.29 is 18.0 Å². The third-order valence-electron chi connectivity index (χ3n) is 4.93. The highest BCUT2D eigenvalue weighted by Gasteiger charge is 2.31. The van der Waals surface area contributed by atoms with E-state index in [0.29, 0.717) is 28.6 Å². The molecule has 0 unspecified atom stereocenters. The molecule has 1 aliphatic rings. The van der Waals surface area contributed by atoms with E-state index in [9.17, 15) is 18.0 Å². The Balaban J connectivity index is 1.79. The van der Waals surface area contributed by atoms with E-state index in [4.69, 9.17) is 0 Å². The summed E-state index contributed by atoms with van der Waals surface area (Å²) >= 11 is 0. The molecule has 4 rings (SSSR count). The van der Waals surface area contributed by atoms with E-state index in [-0.39, 0.29) is 5.91 Å². The van der Waals surface area contributed by atoms with E-state index in [2.05, 4.69) is 15.3 Å². The smallest absolute Gasteiger partial charge is 0.347 e. The number of nitrogens with one attached hydrogen (secondary N) is 1. The maximum Gasteiger partial charge on any atom is 0.416 e. The number of carbonyl (C=O) groups excluding carboxylic acids is 1. The Bertz CT molecular complexity index is 1110. The maximum atomic E-state index is 12.9. The van der Waals surface area contributed by atoms with Gasteiger partial charge in [-0.05, 0) is 57.9 Å². The number of nitrogens with zero attached hydrogens (tertiary/aromatic N) is 3. The van der Waals surface area contributed by atoms with Gasteiger partial charge < -0.3 is 5.32 Å². The molecule has 1 amide bonds. The van der Waals surface area contributed by atoms with Gasteiger partial charge in [0, 0.05) is 35.0 Å². The summed E-state index contributed by atoms with van der Waals surface area (Å²) in [7, 11) is 0. The van der Waals surface area contributed by atoms with Crippen LogP contribution in [-0.4, -0.2) is 26.0 Å². The quantitative estimate of drug-likeness (QED) is 0.609. The van der Waals surface area contributed by atoms with Crippen LogP contribution in [0.15, 0.2) is 48.8 Å². The molecule has 2 heterocycles. The van der Waals surface area contributed by atoms with Crippen LogP contribution in [0.2, 0.25) is 0 Å². The normalized spacial score (nSPS) is 14.5. The number of hydrogen-bond acceptors (Lipinski definition) is 3. The van der Waals surface area contributed by atoms with E-state index < -0.39 is 17.3 Å². The molecule has 8 heteroatoms. The minimum atomic E-state index is -4.42. The highest BCUT2D eigenvalue weighted by molar-refractivity contribution is 5.96. The average molecular weight is 428 g/mol. The van der Waals surface area contributed by atoms with Crippen LogP contribution >= 0.6 is 0 Å². The van der Waals surface area contributed by atoms with Crippen molar-refractivity contribution >= 4 is 5.91 Å². The van der Waals surface area contributed by atoms with Crippen molar-refractivity contribution in [3.63, 3.8) is 0 Å². The maximum absolute atomic E-state index is 12.9. The number of carbonyl (C=O) groups is 1. The van der Waals surface area contributed by atoms with Crippen molar-refractivity contribution in [1.29, 1.82) is 0 Å². The minimum Gasteiger partial charge on any atom is -0.347 e.